The molecule has 4 heteroatoms. The molecule has 0 aliphatic carbocycles. The van der Waals surface area contributed by atoms with Crippen molar-refractivity contribution in [2.75, 3.05) is 20.3 Å². The van der Waals surface area contributed by atoms with Crippen molar-refractivity contribution in [1.29, 1.82) is 0 Å². The topological polar surface area (TPSA) is 49.8 Å². The van der Waals surface area contributed by atoms with E-state index < -0.39 is 0 Å². The number of aryl methyl sites for hydroxylation is 1. The zero-order valence-electron chi connectivity index (χ0n) is 12.4. The highest BCUT2D eigenvalue weighted by Crippen LogP contribution is 2.25. The van der Waals surface area contributed by atoms with Gasteiger partial charge >= 0.3 is 0 Å². The molecule has 0 bridgehead atoms. The molecule has 2 rings (SSSR count). The molecule has 0 aromatic heterocycles. The fraction of sp³-hybridized carbons (Fsp3) is 0.562. The number of likely N-dealkylation sites (tertiary alicyclic amines) is 1. The van der Waals surface area contributed by atoms with Crippen LogP contribution in [0.3, 0.4) is 0 Å². The number of piperidine rings is 1. The third kappa shape index (κ3) is 2.96. The predicted molar refractivity (Wildman–Crippen MR) is 78.0 cm³/mol. The Morgan fingerprint density at radius 1 is 1.45 bits per heavy atom. The van der Waals surface area contributed by atoms with E-state index >= 15 is 0 Å². The second-order valence-corrected chi connectivity index (χ2v) is 5.62. The molecular formula is C16H23NO3. The van der Waals surface area contributed by atoms with Crippen LogP contribution in [-0.2, 0) is 0 Å². The molecule has 1 N–H and O–H groups in total. The van der Waals surface area contributed by atoms with Crippen molar-refractivity contribution < 1.29 is 14.6 Å². The number of aliphatic hydroxyl groups is 1. The van der Waals surface area contributed by atoms with E-state index in [1.54, 1.807) is 13.2 Å². The van der Waals surface area contributed by atoms with E-state index in [4.69, 9.17) is 4.74 Å². The van der Waals surface area contributed by atoms with Crippen molar-refractivity contribution in [3.63, 3.8) is 0 Å². The van der Waals surface area contributed by atoms with Crippen LogP contribution in [0.15, 0.2) is 18.2 Å². The van der Waals surface area contributed by atoms with Crippen LogP contribution >= 0.6 is 0 Å². The number of carbonyl (C=O) groups excluding carboxylic acids is 1. The zero-order valence-corrected chi connectivity index (χ0v) is 12.4. The van der Waals surface area contributed by atoms with Crippen molar-refractivity contribution in [1.82, 2.24) is 4.90 Å². The number of methoxy groups -OCH3 is 1. The molecule has 0 saturated carbocycles. The van der Waals surface area contributed by atoms with E-state index in [0.29, 0.717) is 12.1 Å². The first-order valence-corrected chi connectivity index (χ1v) is 7.13. The summed E-state index contributed by atoms with van der Waals surface area (Å²) in [4.78, 5) is 14.5. The van der Waals surface area contributed by atoms with Crippen LogP contribution in [-0.4, -0.2) is 42.2 Å². The molecule has 20 heavy (non-hydrogen) atoms. The van der Waals surface area contributed by atoms with E-state index in [9.17, 15) is 9.90 Å². The number of carbonyl (C=O) groups is 1. The summed E-state index contributed by atoms with van der Waals surface area (Å²) in [5, 5.41) is 9.31. The number of amides is 1. The van der Waals surface area contributed by atoms with Crippen molar-refractivity contribution in [2.24, 2.45) is 5.92 Å². The lowest BCUT2D eigenvalue weighted by molar-refractivity contribution is 0.0488. The Hall–Kier alpha value is -1.55. The fourth-order valence-corrected chi connectivity index (χ4v) is 2.73. The van der Waals surface area contributed by atoms with Crippen LogP contribution in [0, 0.1) is 12.8 Å². The van der Waals surface area contributed by atoms with Gasteiger partial charge in [0.1, 0.15) is 5.75 Å². The molecule has 1 aliphatic heterocycles. The van der Waals surface area contributed by atoms with Crippen molar-refractivity contribution in [3.05, 3.63) is 29.3 Å². The molecule has 1 fully saturated rings. The Bertz CT molecular complexity index is 487. The first kappa shape index (κ1) is 14.9. The molecule has 1 aliphatic rings. The van der Waals surface area contributed by atoms with Crippen molar-refractivity contribution >= 4 is 5.91 Å². The summed E-state index contributed by atoms with van der Waals surface area (Å²) in [6.45, 7) is 4.80. The number of benzene rings is 1. The van der Waals surface area contributed by atoms with Gasteiger partial charge in [-0.2, -0.15) is 0 Å². The normalized spacial score (nSPS) is 22.7. The minimum Gasteiger partial charge on any atom is -0.496 e. The summed E-state index contributed by atoms with van der Waals surface area (Å²) >= 11 is 0. The molecule has 0 spiro atoms. The highest BCUT2D eigenvalue weighted by molar-refractivity contribution is 5.95. The summed E-state index contributed by atoms with van der Waals surface area (Å²) in [5.74, 6) is 0.954. The Morgan fingerprint density at radius 3 is 2.85 bits per heavy atom. The van der Waals surface area contributed by atoms with Gasteiger partial charge in [-0.15, -0.1) is 0 Å². The third-order valence-corrected chi connectivity index (χ3v) is 4.15. The van der Waals surface area contributed by atoms with Crippen LogP contribution in [0.4, 0.5) is 0 Å². The highest BCUT2D eigenvalue weighted by Gasteiger charge is 2.29. The van der Waals surface area contributed by atoms with Crippen LogP contribution in [0.25, 0.3) is 0 Å². The van der Waals surface area contributed by atoms with Gasteiger partial charge in [0.15, 0.2) is 0 Å². The summed E-state index contributed by atoms with van der Waals surface area (Å²) < 4.78 is 5.28. The fourth-order valence-electron chi connectivity index (χ4n) is 2.73. The Labute approximate surface area is 120 Å². The molecule has 1 heterocycles. The molecule has 1 amide bonds. The number of aliphatic hydroxyl groups excluding tert-OH is 1. The zero-order chi connectivity index (χ0) is 14.7. The average Bonchev–Trinajstić information content (AvgIpc) is 2.47. The van der Waals surface area contributed by atoms with Gasteiger partial charge in [-0.25, -0.2) is 0 Å². The number of nitrogens with zero attached hydrogens (tertiary/aromatic N) is 1. The number of hydrogen-bond acceptors (Lipinski definition) is 3. The minimum absolute atomic E-state index is 0.0222. The predicted octanol–water partition coefficient (Wildman–Crippen LogP) is 2.24. The lowest BCUT2D eigenvalue weighted by atomic mass is 9.93. The minimum atomic E-state index is 0.0222. The molecule has 1 aromatic carbocycles. The first-order chi connectivity index (χ1) is 9.56. The van der Waals surface area contributed by atoms with E-state index in [-0.39, 0.29) is 24.5 Å². The van der Waals surface area contributed by atoms with Gasteiger partial charge in [-0.3, -0.25) is 4.79 Å². The molecule has 4 nitrogen and oxygen atoms in total. The second kappa shape index (κ2) is 6.27. The maximum atomic E-state index is 12.6. The van der Waals surface area contributed by atoms with E-state index in [1.807, 2.05) is 24.0 Å². The second-order valence-electron chi connectivity index (χ2n) is 5.62. The first-order valence-electron chi connectivity index (χ1n) is 7.13. The number of rotatable bonds is 3. The van der Waals surface area contributed by atoms with E-state index in [0.717, 1.165) is 24.2 Å². The van der Waals surface area contributed by atoms with E-state index in [2.05, 4.69) is 6.92 Å². The number of ether oxygens (including phenoxy) is 1. The van der Waals surface area contributed by atoms with E-state index in [1.165, 1.54) is 0 Å². The van der Waals surface area contributed by atoms with Crippen LogP contribution < -0.4 is 4.74 Å². The molecule has 1 saturated heterocycles. The highest BCUT2D eigenvalue weighted by atomic mass is 16.5. The summed E-state index contributed by atoms with van der Waals surface area (Å²) in [7, 11) is 1.61. The van der Waals surface area contributed by atoms with Gasteiger partial charge in [0, 0.05) is 24.8 Å². The lowest BCUT2D eigenvalue weighted by Gasteiger charge is -2.37. The summed E-state index contributed by atoms with van der Waals surface area (Å²) in [6.07, 6.45) is 1.93. The van der Waals surface area contributed by atoms with Crippen LogP contribution in [0.5, 0.6) is 5.75 Å². The molecule has 1 aromatic rings. The Kier molecular flexibility index (Phi) is 4.65. The standard InChI is InChI=1S/C16H23NO3/c1-11-4-7-14(8-15(11)20-3)16(19)17-9-13(10-18)6-5-12(17)2/h4,7-8,12-13,18H,5-6,9-10H2,1-3H3. The molecule has 2 unspecified atom stereocenters. The smallest absolute Gasteiger partial charge is 0.254 e. The van der Waals surface area contributed by atoms with Gasteiger partial charge in [-0.1, -0.05) is 6.07 Å². The quantitative estimate of drug-likeness (QED) is 0.921. The monoisotopic (exact) mass is 277 g/mol. The lowest BCUT2D eigenvalue weighted by Crippen LogP contribution is -2.46. The maximum Gasteiger partial charge on any atom is 0.254 e. The SMILES string of the molecule is COc1cc(C(=O)N2CC(CO)CCC2C)ccc1C. The van der Waals surface area contributed by atoms with Crippen LogP contribution in [0.1, 0.15) is 35.7 Å². The largest absolute Gasteiger partial charge is 0.496 e. The van der Waals surface area contributed by atoms with Gasteiger partial charge in [0.2, 0.25) is 0 Å². The van der Waals surface area contributed by atoms with Gasteiger partial charge in [-0.05, 0) is 50.3 Å². The summed E-state index contributed by atoms with van der Waals surface area (Å²) in [5.41, 5.74) is 1.67. The maximum absolute atomic E-state index is 12.6. The van der Waals surface area contributed by atoms with Crippen LogP contribution in [0.2, 0.25) is 0 Å². The average molecular weight is 277 g/mol. The molecule has 0 radical (unpaired) electrons. The van der Waals surface area contributed by atoms with Crippen molar-refractivity contribution in [2.45, 2.75) is 32.7 Å². The molecular weight excluding hydrogens is 254 g/mol. The van der Waals surface area contributed by atoms with Gasteiger partial charge in [0.25, 0.3) is 5.91 Å². The van der Waals surface area contributed by atoms with Gasteiger partial charge < -0.3 is 14.7 Å². The summed E-state index contributed by atoms with van der Waals surface area (Å²) in [6, 6.07) is 5.77. The number of hydrogen-bond donors (Lipinski definition) is 1. The van der Waals surface area contributed by atoms with Gasteiger partial charge in [0.05, 0.1) is 7.11 Å². The van der Waals surface area contributed by atoms with Crippen molar-refractivity contribution in [3.8, 4) is 5.75 Å². The molecule has 2 atom stereocenters. The Morgan fingerprint density at radius 2 is 2.20 bits per heavy atom. The molecule has 110 valence electrons. The third-order valence-electron chi connectivity index (χ3n) is 4.15. The Balaban J connectivity index is 2.21.